The van der Waals surface area contributed by atoms with E-state index in [9.17, 15) is 14.4 Å². The maximum Gasteiger partial charge on any atom is 0.264 e. The fourth-order valence-corrected chi connectivity index (χ4v) is 6.79. The van der Waals surface area contributed by atoms with Gasteiger partial charge in [-0.3, -0.25) is 14.4 Å². The third-order valence-corrected chi connectivity index (χ3v) is 9.19. The van der Waals surface area contributed by atoms with Crippen LogP contribution in [-0.4, -0.2) is 84.3 Å². The lowest BCUT2D eigenvalue weighted by molar-refractivity contribution is -0.138. The topological polar surface area (TPSA) is 73.0 Å². The highest BCUT2D eigenvalue weighted by Crippen LogP contribution is 2.31. The molecule has 5 rings (SSSR count). The minimum absolute atomic E-state index is 0.00902. The van der Waals surface area contributed by atoms with Crippen molar-refractivity contribution in [1.29, 1.82) is 0 Å². The molecule has 2 aromatic rings. The number of hydrogen-bond donors (Lipinski definition) is 1. The van der Waals surface area contributed by atoms with Crippen LogP contribution in [0.25, 0.3) is 0 Å². The van der Waals surface area contributed by atoms with E-state index in [0.717, 1.165) is 45.4 Å². The summed E-state index contributed by atoms with van der Waals surface area (Å²) in [6, 6.07) is 4.60. The Morgan fingerprint density at radius 1 is 1.06 bits per heavy atom. The number of nitrogens with one attached hydrogen (secondary N) is 1. The summed E-state index contributed by atoms with van der Waals surface area (Å²) in [6.07, 6.45) is 3.31. The Morgan fingerprint density at radius 3 is 2.55 bits per heavy atom. The number of halogens is 1. The van der Waals surface area contributed by atoms with E-state index < -0.39 is 6.04 Å². The van der Waals surface area contributed by atoms with Crippen molar-refractivity contribution in [2.45, 2.75) is 37.8 Å². The van der Waals surface area contributed by atoms with Gasteiger partial charge in [0.25, 0.3) is 11.8 Å². The second-order valence-corrected chi connectivity index (χ2v) is 11.9. The van der Waals surface area contributed by atoms with Crippen LogP contribution in [0.5, 0.6) is 0 Å². The Balaban J connectivity index is 1.34. The zero-order valence-corrected chi connectivity index (χ0v) is 20.9. The summed E-state index contributed by atoms with van der Waals surface area (Å²) in [5.41, 5.74) is 1.25. The van der Waals surface area contributed by atoms with Crippen molar-refractivity contribution in [3.05, 3.63) is 42.7 Å². The van der Waals surface area contributed by atoms with Gasteiger partial charge in [0.2, 0.25) is 5.91 Å². The highest BCUT2D eigenvalue weighted by molar-refractivity contribution is 7.18. The Bertz CT molecular complexity index is 1050. The fraction of sp³-hybridized carbons (Fsp3) is 0.522. The molecule has 3 aliphatic heterocycles. The first-order valence-corrected chi connectivity index (χ1v) is 13.4. The average Bonchev–Trinajstić information content (AvgIpc) is 3.45. The van der Waals surface area contributed by atoms with Crippen molar-refractivity contribution in [2.75, 3.05) is 39.8 Å². The summed E-state index contributed by atoms with van der Waals surface area (Å²) < 4.78 is 0.554. The molecule has 7 nitrogen and oxygen atoms in total. The first-order chi connectivity index (χ1) is 15.9. The predicted octanol–water partition coefficient (Wildman–Crippen LogP) is 2.74. The van der Waals surface area contributed by atoms with Gasteiger partial charge in [-0.25, -0.2) is 0 Å². The Morgan fingerprint density at radius 2 is 1.85 bits per heavy atom. The van der Waals surface area contributed by atoms with Crippen LogP contribution in [0.15, 0.2) is 18.2 Å². The molecule has 3 aliphatic rings. The third-order valence-electron chi connectivity index (χ3n) is 6.74. The zero-order chi connectivity index (χ0) is 23.1. The van der Waals surface area contributed by atoms with E-state index in [1.54, 1.807) is 28.4 Å². The minimum atomic E-state index is -0.539. The number of hydrogen-bond acceptors (Lipinski definition) is 6. The molecule has 33 heavy (non-hydrogen) atoms. The molecule has 2 atom stereocenters. The maximum atomic E-state index is 13.6. The van der Waals surface area contributed by atoms with E-state index in [1.807, 2.05) is 11.0 Å². The smallest absolute Gasteiger partial charge is 0.264 e. The molecule has 0 aromatic carbocycles. The molecule has 2 aromatic heterocycles. The number of likely N-dealkylation sites (tertiary alicyclic amines) is 2. The van der Waals surface area contributed by atoms with E-state index >= 15 is 0 Å². The van der Waals surface area contributed by atoms with Crippen LogP contribution in [-0.2, 0) is 17.6 Å². The monoisotopic (exact) mass is 506 g/mol. The van der Waals surface area contributed by atoms with Crippen LogP contribution in [0, 0.1) is 0 Å². The van der Waals surface area contributed by atoms with Crippen LogP contribution in [0.1, 0.15) is 42.6 Å². The number of fused-ring (bicyclic) bond motifs is 1. The molecule has 2 saturated heterocycles. The summed E-state index contributed by atoms with van der Waals surface area (Å²) in [4.78, 5) is 47.7. The van der Waals surface area contributed by atoms with Gasteiger partial charge in [-0.2, -0.15) is 0 Å². The average molecular weight is 507 g/mol. The summed E-state index contributed by atoms with van der Waals surface area (Å²) in [5.74, 6) is -0.324. The molecule has 10 heteroatoms. The van der Waals surface area contributed by atoms with Gasteiger partial charge in [-0.05, 0) is 56.5 Å². The molecule has 3 amide bonds. The summed E-state index contributed by atoms with van der Waals surface area (Å²) >= 11 is 8.75. The number of carbonyl (C=O) groups is 3. The SMILES string of the molecule is CN1CCc2cc(C(=O)N3C[C@@H](NC(=O)c4ccc(Cl)s4)C[C@@H]3C(=O)N3CCC3)sc2CC1. The number of amides is 3. The second-order valence-electron chi connectivity index (χ2n) is 9.02. The third kappa shape index (κ3) is 4.69. The van der Waals surface area contributed by atoms with Gasteiger partial charge in [0.15, 0.2) is 0 Å². The molecular formula is C23H27ClN4O3S2. The highest BCUT2D eigenvalue weighted by atomic mass is 35.5. The molecule has 0 radical (unpaired) electrons. The van der Waals surface area contributed by atoms with Gasteiger partial charge in [-0.15, -0.1) is 22.7 Å². The normalized spacial score (nSPS) is 23.1. The van der Waals surface area contributed by atoms with Gasteiger partial charge < -0.3 is 20.0 Å². The Hall–Kier alpha value is -1.94. The molecule has 0 unspecified atom stereocenters. The number of nitrogens with zero attached hydrogens (tertiary/aromatic N) is 3. The first-order valence-electron chi connectivity index (χ1n) is 11.3. The number of thiophene rings is 2. The van der Waals surface area contributed by atoms with Gasteiger partial charge in [0.1, 0.15) is 6.04 Å². The van der Waals surface area contributed by atoms with Crippen molar-refractivity contribution >= 4 is 52.0 Å². The molecule has 2 fully saturated rings. The van der Waals surface area contributed by atoms with Gasteiger partial charge in [-0.1, -0.05) is 11.6 Å². The lowest BCUT2D eigenvalue weighted by atomic mass is 10.1. The summed E-state index contributed by atoms with van der Waals surface area (Å²) in [6.45, 7) is 3.78. The first kappa shape index (κ1) is 22.8. The van der Waals surface area contributed by atoms with Crippen molar-refractivity contribution in [1.82, 2.24) is 20.0 Å². The number of carbonyl (C=O) groups excluding carboxylic acids is 3. The van der Waals surface area contributed by atoms with E-state index in [-0.39, 0.29) is 23.8 Å². The van der Waals surface area contributed by atoms with Crippen molar-refractivity contribution in [3.8, 4) is 0 Å². The number of likely N-dealkylation sites (N-methyl/N-ethyl adjacent to an activating group) is 1. The zero-order valence-electron chi connectivity index (χ0n) is 18.5. The Kier molecular flexibility index (Phi) is 6.48. The molecule has 0 bridgehead atoms. The molecule has 0 saturated carbocycles. The molecular weight excluding hydrogens is 480 g/mol. The highest BCUT2D eigenvalue weighted by Gasteiger charge is 2.43. The van der Waals surface area contributed by atoms with E-state index in [1.165, 1.54) is 21.8 Å². The lowest BCUT2D eigenvalue weighted by Crippen LogP contribution is -2.52. The standard InChI is InChI=1S/C23H27ClN4O3S2/c1-26-9-5-14-11-19(32-17(14)6-10-26)23(31)28-13-15(12-16(28)22(30)27-7-2-8-27)25-21(29)18-3-4-20(24)33-18/h3-4,11,15-16H,2,5-10,12-13H2,1H3,(H,25,29)/t15-,16+/m0/s1. The van der Waals surface area contributed by atoms with Crippen LogP contribution in [0.4, 0.5) is 0 Å². The molecule has 0 aliphatic carbocycles. The summed E-state index contributed by atoms with van der Waals surface area (Å²) in [5, 5.41) is 3.01. The van der Waals surface area contributed by atoms with Gasteiger partial charge in [0.05, 0.1) is 14.1 Å². The van der Waals surface area contributed by atoms with Crippen molar-refractivity contribution < 1.29 is 14.4 Å². The van der Waals surface area contributed by atoms with Crippen LogP contribution in [0.3, 0.4) is 0 Å². The van der Waals surface area contributed by atoms with Crippen LogP contribution < -0.4 is 5.32 Å². The van der Waals surface area contributed by atoms with E-state index in [4.69, 9.17) is 11.6 Å². The van der Waals surface area contributed by atoms with E-state index in [2.05, 4.69) is 17.3 Å². The van der Waals surface area contributed by atoms with Crippen molar-refractivity contribution in [2.24, 2.45) is 0 Å². The summed E-state index contributed by atoms with van der Waals surface area (Å²) in [7, 11) is 2.12. The largest absolute Gasteiger partial charge is 0.347 e. The van der Waals surface area contributed by atoms with E-state index in [0.29, 0.717) is 27.1 Å². The molecule has 0 spiro atoms. The van der Waals surface area contributed by atoms with Crippen LogP contribution >= 0.6 is 34.3 Å². The number of rotatable bonds is 4. The van der Waals surface area contributed by atoms with Crippen LogP contribution in [0.2, 0.25) is 4.34 Å². The maximum absolute atomic E-state index is 13.6. The lowest BCUT2D eigenvalue weighted by Gasteiger charge is -2.35. The fourth-order valence-electron chi connectivity index (χ4n) is 4.69. The second kappa shape index (κ2) is 9.37. The minimum Gasteiger partial charge on any atom is -0.347 e. The molecule has 5 heterocycles. The molecule has 1 N–H and O–H groups in total. The van der Waals surface area contributed by atoms with Crippen molar-refractivity contribution in [3.63, 3.8) is 0 Å². The van der Waals surface area contributed by atoms with Gasteiger partial charge >= 0.3 is 0 Å². The quantitative estimate of drug-likeness (QED) is 0.692. The molecule has 176 valence electrons. The van der Waals surface area contributed by atoms with Gasteiger partial charge in [0, 0.05) is 43.6 Å². The predicted molar refractivity (Wildman–Crippen MR) is 130 cm³/mol. The Labute approximate surface area is 206 Å².